The molecular weight excluding hydrogens is 388 g/mol. The van der Waals surface area contributed by atoms with Crippen LogP contribution in [0, 0.1) is 6.92 Å². The summed E-state index contributed by atoms with van der Waals surface area (Å²) in [5.41, 5.74) is -0.288. The van der Waals surface area contributed by atoms with Crippen LogP contribution in [0.5, 0.6) is 23.0 Å². The molecule has 9 heteroatoms. The van der Waals surface area contributed by atoms with E-state index in [4.69, 9.17) is 14.2 Å². The van der Waals surface area contributed by atoms with Crippen molar-refractivity contribution in [2.24, 2.45) is 0 Å². The molecule has 0 saturated heterocycles. The number of phenols is 2. The van der Waals surface area contributed by atoms with Gasteiger partial charge in [-0.25, -0.2) is 4.79 Å². The van der Waals surface area contributed by atoms with Gasteiger partial charge in [-0.05, 0) is 24.6 Å². The number of rotatable bonds is 6. The molecule has 0 aliphatic rings. The Bertz CT molecular complexity index is 981. The second kappa shape index (κ2) is 8.30. The van der Waals surface area contributed by atoms with E-state index in [0.717, 1.165) is 13.2 Å². The van der Waals surface area contributed by atoms with Crippen LogP contribution in [0.1, 0.15) is 31.8 Å². The maximum atomic E-state index is 13.4. The van der Waals surface area contributed by atoms with E-state index in [1.807, 2.05) is 0 Å². The minimum absolute atomic E-state index is 0.0765. The van der Waals surface area contributed by atoms with Gasteiger partial charge < -0.3 is 24.4 Å². The number of methoxy groups -OCH3 is 3. The van der Waals surface area contributed by atoms with Crippen LogP contribution in [0.4, 0.5) is 0 Å². The van der Waals surface area contributed by atoms with E-state index < -0.39 is 33.9 Å². The summed E-state index contributed by atoms with van der Waals surface area (Å²) >= 11 is 0. The van der Waals surface area contributed by atoms with Crippen molar-refractivity contribution in [1.29, 1.82) is 0 Å². The minimum Gasteiger partial charge on any atom is -0.507 e. The van der Waals surface area contributed by atoms with Crippen LogP contribution >= 0.6 is 0 Å². The number of benzene rings is 2. The number of hydrogen-bond acceptors (Lipinski definition) is 8. The number of ether oxygens (including phenoxy) is 3. The zero-order valence-electron chi connectivity index (χ0n) is 16.0. The molecule has 2 aromatic rings. The van der Waals surface area contributed by atoms with E-state index in [1.165, 1.54) is 32.6 Å². The van der Waals surface area contributed by atoms with Gasteiger partial charge in [-0.15, -0.1) is 0 Å². The van der Waals surface area contributed by atoms with Crippen LogP contribution in [-0.2, 0) is 15.5 Å². The van der Waals surface area contributed by atoms with Crippen LogP contribution in [0.2, 0.25) is 0 Å². The number of carbonyl (C=O) groups excluding carboxylic acids is 2. The summed E-state index contributed by atoms with van der Waals surface area (Å²) in [7, 11) is 1.81. The lowest BCUT2D eigenvalue weighted by Gasteiger charge is -2.18. The molecule has 2 aromatic carbocycles. The smallest absolute Gasteiger partial charge is 0.340 e. The second-order valence-electron chi connectivity index (χ2n) is 5.81. The number of phenolic OH excluding ortho intramolecular Hbond substituents is 2. The third-order valence-electron chi connectivity index (χ3n) is 4.02. The summed E-state index contributed by atoms with van der Waals surface area (Å²) < 4.78 is 27.3. The quantitative estimate of drug-likeness (QED) is 0.551. The fraction of sp³-hybridized carbons (Fsp3) is 0.263. The predicted octanol–water partition coefficient (Wildman–Crippen LogP) is 2.18. The predicted molar refractivity (Wildman–Crippen MR) is 101 cm³/mol. The Morgan fingerprint density at radius 3 is 1.96 bits per heavy atom. The number of esters is 1. The topological polar surface area (TPSA) is 119 Å². The Kier molecular flexibility index (Phi) is 6.30. The molecule has 0 aliphatic heterocycles. The lowest BCUT2D eigenvalue weighted by Crippen LogP contribution is -2.17. The minimum atomic E-state index is -1.84. The lowest BCUT2D eigenvalue weighted by atomic mass is 9.94. The summed E-state index contributed by atoms with van der Waals surface area (Å²) in [6, 6.07) is 3.98. The number of aryl methyl sites for hydroxylation is 1. The number of aromatic hydroxyl groups is 2. The van der Waals surface area contributed by atoms with E-state index in [9.17, 15) is 24.0 Å². The van der Waals surface area contributed by atoms with E-state index in [1.54, 1.807) is 6.92 Å². The highest BCUT2D eigenvalue weighted by atomic mass is 32.2. The molecule has 0 spiro atoms. The summed E-state index contributed by atoms with van der Waals surface area (Å²) in [4.78, 5) is 25.5. The van der Waals surface area contributed by atoms with Gasteiger partial charge in [-0.3, -0.25) is 9.00 Å². The highest BCUT2D eigenvalue weighted by Crippen LogP contribution is 2.40. The van der Waals surface area contributed by atoms with Gasteiger partial charge in [0.05, 0.1) is 48.2 Å². The van der Waals surface area contributed by atoms with Crippen molar-refractivity contribution in [3.05, 3.63) is 40.5 Å². The Hall–Kier alpha value is -3.07. The number of hydrogen-bond donors (Lipinski definition) is 2. The van der Waals surface area contributed by atoms with Crippen molar-refractivity contribution in [3.63, 3.8) is 0 Å². The molecule has 0 aromatic heterocycles. The molecule has 2 rings (SSSR count). The molecule has 0 aliphatic carbocycles. The van der Waals surface area contributed by atoms with E-state index in [-0.39, 0.29) is 33.3 Å². The summed E-state index contributed by atoms with van der Waals surface area (Å²) in [5, 5.41) is 20.6. The van der Waals surface area contributed by atoms with Crippen molar-refractivity contribution in [1.82, 2.24) is 0 Å². The summed E-state index contributed by atoms with van der Waals surface area (Å²) in [6.07, 6.45) is 1.24. The first-order chi connectivity index (χ1) is 13.2. The molecule has 0 saturated carbocycles. The van der Waals surface area contributed by atoms with Crippen LogP contribution in [0.25, 0.3) is 0 Å². The van der Waals surface area contributed by atoms with Crippen molar-refractivity contribution in [3.8, 4) is 23.0 Å². The van der Waals surface area contributed by atoms with Gasteiger partial charge >= 0.3 is 5.97 Å². The molecule has 0 amide bonds. The van der Waals surface area contributed by atoms with Crippen molar-refractivity contribution < 1.29 is 38.2 Å². The van der Waals surface area contributed by atoms with Gasteiger partial charge in [0.2, 0.25) is 5.78 Å². The van der Waals surface area contributed by atoms with Gasteiger partial charge in [0.15, 0.2) is 0 Å². The third-order valence-corrected chi connectivity index (χ3v) is 5.01. The zero-order valence-corrected chi connectivity index (χ0v) is 16.8. The van der Waals surface area contributed by atoms with Gasteiger partial charge in [0.1, 0.15) is 28.6 Å². The highest BCUT2D eigenvalue weighted by Gasteiger charge is 2.33. The fourth-order valence-corrected chi connectivity index (χ4v) is 3.68. The molecule has 0 unspecified atom stereocenters. The first kappa shape index (κ1) is 21.2. The third kappa shape index (κ3) is 3.65. The van der Waals surface area contributed by atoms with Gasteiger partial charge in [-0.1, -0.05) is 0 Å². The number of ketones is 1. The first-order valence-corrected chi connectivity index (χ1v) is 9.51. The largest absolute Gasteiger partial charge is 0.507 e. The Morgan fingerprint density at radius 1 is 0.893 bits per heavy atom. The number of carbonyl (C=O) groups is 2. The van der Waals surface area contributed by atoms with Crippen molar-refractivity contribution in [2.45, 2.75) is 11.8 Å². The Labute approximate surface area is 164 Å². The van der Waals surface area contributed by atoms with Crippen LogP contribution < -0.4 is 9.47 Å². The highest BCUT2D eigenvalue weighted by molar-refractivity contribution is 7.84. The van der Waals surface area contributed by atoms with E-state index >= 15 is 0 Å². The van der Waals surface area contributed by atoms with Crippen LogP contribution in [0.15, 0.2) is 23.1 Å². The molecule has 0 heterocycles. The average molecular weight is 408 g/mol. The molecule has 0 fully saturated rings. The maximum absolute atomic E-state index is 13.4. The zero-order chi connectivity index (χ0) is 21.2. The van der Waals surface area contributed by atoms with Crippen molar-refractivity contribution in [2.75, 3.05) is 27.6 Å². The van der Waals surface area contributed by atoms with E-state index in [2.05, 4.69) is 0 Å². The standard InChI is InChI=1S/C19H20O8S/c1-9-6-10(20)14(12(7-9)25-2)17(22)15-13(26-3)8-11(21)18(28(5)24)16(15)19(23)27-4/h6-8,20-21H,1-5H3/t28-/m1/s1. The molecule has 8 nitrogen and oxygen atoms in total. The Balaban J connectivity index is 2.96. The van der Waals surface area contributed by atoms with Crippen LogP contribution in [0.3, 0.4) is 0 Å². The molecule has 150 valence electrons. The first-order valence-electron chi connectivity index (χ1n) is 7.95. The molecule has 0 bridgehead atoms. The normalized spacial score (nSPS) is 11.6. The molecule has 0 radical (unpaired) electrons. The van der Waals surface area contributed by atoms with Gasteiger partial charge in [0, 0.05) is 12.3 Å². The maximum Gasteiger partial charge on any atom is 0.340 e. The molecule has 28 heavy (non-hydrogen) atoms. The summed E-state index contributed by atoms with van der Waals surface area (Å²) in [5.74, 6) is -2.75. The fourth-order valence-electron chi connectivity index (χ4n) is 2.85. The monoisotopic (exact) mass is 408 g/mol. The van der Waals surface area contributed by atoms with E-state index in [0.29, 0.717) is 5.56 Å². The second-order valence-corrected chi connectivity index (χ2v) is 7.13. The average Bonchev–Trinajstić information content (AvgIpc) is 2.64. The molecule has 1 atom stereocenters. The summed E-state index contributed by atoms with van der Waals surface area (Å²) in [6.45, 7) is 1.70. The van der Waals surface area contributed by atoms with Gasteiger partial charge in [0.25, 0.3) is 0 Å². The SMILES string of the molecule is COC(=O)c1c(C(=O)c2c(O)cc(C)cc2OC)c(OC)cc(O)c1[S@@](C)=O. The van der Waals surface area contributed by atoms with Crippen LogP contribution in [-0.4, -0.2) is 53.8 Å². The molecular formula is C19H20O8S. The molecule has 2 N–H and O–H groups in total. The Morgan fingerprint density at radius 2 is 1.46 bits per heavy atom. The van der Waals surface area contributed by atoms with Gasteiger partial charge in [-0.2, -0.15) is 0 Å². The lowest BCUT2D eigenvalue weighted by molar-refractivity contribution is 0.0591. The van der Waals surface area contributed by atoms with Crippen molar-refractivity contribution >= 4 is 22.6 Å².